The summed E-state index contributed by atoms with van der Waals surface area (Å²) < 4.78 is 5.61. The second-order valence-corrected chi connectivity index (χ2v) is 5.64. The molecule has 2 unspecified atom stereocenters. The summed E-state index contributed by atoms with van der Waals surface area (Å²) in [6.07, 6.45) is 2.46. The maximum Gasteiger partial charge on any atom is 0.241 e. The molecule has 0 radical (unpaired) electrons. The summed E-state index contributed by atoms with van der Waals surface area (Å²) in [5, 5.41) is 2.94. The van der Waals surface area contributed by atoms with Crippen LogP contribution in [-0.4, -0.2) is 43.2 Å². The number of carbonyl (C=O) groups excluding carboxylic acids is 1. The topological polar surface area (TPSA) is 67.6 Å². The Hall–Kier alpha value is -1.43. The average molecular weight is 291 g/mol. The molecule has 5 nitrogen and oxygen atoms in total. The summed E-state index contributed by atoms with van der Waals surface area (Å²) in [7, 11) is 1.96. The standard InChI is InChI=1S/C16H25N3O2/c1-12(19(2)11-15-4-3-9-21-15)16(20)18-14-7-5-13(10-17)6-8-14/h5-8,12,15H,3-4,9-11,17H2,1-2H3,(H,18,20). The number of nitrogens with zero attached hydrogens (tertiary/aromatic N) is 1. The molecule has 21 heavy (non-hydrogen) atoms. The molecule has 1 aromatic carbocycles. The molecule has 1 heterocycles. The van der Waals surface area contributed by atoms with E-state index in [1.165, 1.54) is 0 Å². The number of amides is 1. The number of hydrogen-bond donors (Lipinski definition) is 2. The molecule has 5 heteroatoms. The van der Waals surface area contributed by atoms with E-state index in [0.717, 1.165) is 37.2 Å². The van der Waals surface area contributed by atoms with Crippen LogP contribution in [0.15, 0.2) is 24.3 Å². The molecule has 1 saturated heterocycles. The Labute approximate surface area is 126 Å². The molecule has 1 aliphatic rings. The van der Waals surface area contributed by atoms with Crippen LogP contribution in [0.4, 0.5) is 5.69 Å². The summed E-state index contributed by atoms with van der Waals surface area (Å²) in [5.41, 5.74) is 7.41. The molecule has 3 N–H and O–H groups in total. The summed E-state index contributed by atoms with van der Waals surface area (Å²) in [6.45, 7) is 4.06. The first-order chi connectivity index (χ1) is 10.1. The van der Waals surface area contributed by atoms with E-state index in [9.17, 15) is 4.79 Å². The fraction of sp³-hybridized carbons (Fsp3) is 0.562. The third-order valence-electron chi connectivity index (χ3n) is 4.01. The molecule has 1 fully saturated rings. The smallest absolute Gasteiger partial charge is 0.241 e. The number of carbonyl (C=O) groups is 1. The van der Waals surface area contributed by atoms with Gasteiger partial charge in [-0.1, -0.05) is 12.1 Å². The van der Waals surface area contributed by atoms with Gasteiger partial charge in [0.05, 0.1) is 12.1 Å². The van der Waals surface area contributed by atoms with E-state index >= 15 is 0 Å². The van der Waals surface area contributed by atoms with E-state index in [1.807, 2.05) is 43.1 Å². The van der Waals surface area contributed by atoms with Gasteiger partial charge in [0.15, 0.2) is 0 Å². The number of likely N-dealkylation sites (N-methyl/N-ethyl adjacent to an activating group) is 1. The molecule has 0 saturated carbocycles. The van der Waals surface area contributed by atoms with Gasteiger partial charge in [0.2, 0.25) is 5.91 Å². The van der Waals surface area contributed by atoms with Crippen LogP contribution in [0.1, 0.15) is 25.3 Å². The Balaban J connectivity index is 1.85. The molecule has 1 aromatic rings. The molecule has 0 spiro atoms. The molecule has 0 aliphatic carbocycles. The molecule has 116 valence electrons. The lowest BCUT2D eigenvalue weighted by molar-refractivity contribution is -0.120. The highest BCUT2D eigenvalue weighted by molar-refractivity contribution is 5.94. The van der Waals surface area contributed by atoms with Crippen molar-refractivity contribution in [3.63, 3.8) is 0 Å². The third kappa shape index (κ3) is 4.52. The fourth-order valence-electron chi connectivity index (χ4n) is 2.44. The second-order valence-electron chi connectivity index (χ2n) is 5.64. The lowest BCUT2D eigenvalue weighted by Crippen LogP contribution is -2.43. The van der Waals surface area contributed by atoms with Crippen LogP contribution in [0, 0.1) is 0 Å². The largest absolute Gasteiger partial charge is 0.377 e. The average Bonchev–Trinajstić information content (AvgIpc) is 3.00. The van der Waals surface area contributed by atoms with Crippen molar-refractivity contribution in [3.8, 4) is 0 Å². The molecule has 1 amide bonds. The maximum atomic E-state index is 12.3. The zero-order valence-corrected chi connectivity index (χ0v) is 12.8. The second kappa shape index (κ2) is 7.54. The quantitative estimate of drug-likeness (QED) is 0.835. The first-order valence-corrected chi connectivity index (χ1v) is 7.52. The molecule has 2 atom stereocenters. The third-order valence-corrected chi connectivity index (χ3v) is 4.01. The van der Waals surface area contributed by atoms with Gasteiger partial charge >= 0.3 is 0 Å². The van der Waals surface area contributed by atoms with Crippen LogP contribution < -0.4 is 11.1 Å². The number of hydrogen-bond acceptors (Lipinski definition) is 4. The molecule has 0 bridgehead atoms. The molecular formula is C16H25N3O2. The van der Waals surface area contributed by atoms with Crippen molar-refractivity contribution >= 4 is 11.6 Å². The van der Waals surface area contributed by atoms with Gasteiger partial charge < -0.3 is 15.8 Å². The number of ether oxygens (including phenoxy) is 1. The highest BCUT2D eigenvalue weighted by Crippen LogP contribution is 2.15. The predicted octanol–water partition coefficient (Wildman–Crippen LogP) is 1.58. The van der Waals surface area contributed by atoms with E-state index in [-0.39, 0.29) is 18.1 Å². The Morgan fingerprint density at radius 2 is 2.19 bits per heavy atom. The number of nitrogens with one attached hydrogen (secondary N) is 1. The lowest BCUT2D eigenvalue weighted by Gasteiger charge is -2.26. The van der Waals surface area contributed by atoms with Gasteiger partial charge in [0.25, 0.3) is 0 Å². The minimum Gasteiger partial charge on any atom is -0.377 e. The zero-order valence-electron chi connectivity index (χ0n) is 12.8. The van der Waals surface area contributed by atoms with Crippen molar-refractivity contribution in [1.82, 2.24) is 4.90 Å². The number of nitrogens with two attached hydrogens (primary N) is 1. The van der Waals surface area contributed by atoms with E-state index in [1.54, 1.807) is 0 Å². The summed E-state index contributed by atoms with van der Waals surface area (Å²) in [4.78, 5) is 14.3. The summed E-state index contributed by atoms with van der Waals surface area (Å²) >= 11 is 0. The van der Waals surface area contributed by atoms with Gasteiger partial charge in [0.1, 0.15) is 0 Å². The van der Waals surface area contributed by atoms with Gasteiger partial charge in [-0.2, -0.15) is 0 Å². The van der Waals surface area contributed by atoms with Gasteiger partial charge in [-0.25, -0.2) is 0 Å². The summed E-state index contributed by atoms with van der Waals surface area (Å²) in [6, 6.07) is 7.43. The van der Waals surface area contributed by atoms with Crippen molar-refractivity contribution in [2.45, 2.75) is 38.5 Å². The van der Waals surface area contributed by atoms with Crippen molar-refractivity contribution in [2.24, 2.45) is 5.73 Å². The van der Waals surface area contributed by atoms with Crippen LogP contribution in [0.3, 0.4) is 0 Å². The molecule has 2 rings (SSSR count). The highest BCUT2D eigenvalue weighted by atomic mass is 16.5. The minimum atomic E-state index is -0.191. The van der Waals surface area contributed by atoms with Gasteiger partial charge in [-0.15, -0.1) is 0 Å². The van der Waals surface area contributed by atoms with E-state index in [4.69, 9.17) is 10.5 Å². The Morgan fingerprint density at radius 3 is 2.76 bits per heavy atom. The highest BCUT2D eigenvalue weighted by Gasteiger charge is 2.23. The molecule has 1 aliphatic heterocycles. The van der Waals surface area contributed by atoms with Gasteiger partial charge in [-0.05, 0) is 44.5 Å². The fourth-order valence-corrected chi connectivity index (χ4v) is 2.44. The zero-order chi connectivity index (χ0) is 15.2. The van der Waals surface area contributed by atoms with E-state index in [2.05, 4.69) is 5.32 Å². The van der Waals surface area contributed by atoms with Crippen molar-refractivity contribution < 1.29 is 9.53 Å². The number of benzene rings is 1. The predicted molar refractivity (Wildman–Crippen MR) is 84.0 cm³/mol. The van der Waals surface area contributed by atoms with Crippen LogP contribution in [0.2, 0.25) is 0 Å². The minimum absolute atomic E-state index is 0.00371. The Morgan fingerprint density at radius 1 is 1.48 bits per heavy atom. The SMILES string of the molecule is CC(C(=O)Nc1ccc(CN)cc1)N(C)CC1CCCO1. The van der Waals surface area contributed by atoms with Crippen molar-refractivity contribution in [1.29, 1.82) is 0 Å². The number of rotatable bonds is 6. The Bertz CT molecular complexity index is 455. The van der Waals surface area contributed by atoms with Gasteiger partial charge in [-0.3, -0.25) is 9.69 Å². The molecule has 0 aromatic heterocycles. The maximum absolute atomic E-state index is 12.3. The van der Waals surface area contributed by atoms with Crippen LogP contribution in [0.25, 0.3) is 0 Å². The van der Waals surface area contributed by atoms with E-state index in [0.29, 0.717) is 6.54 Å². The van der Waals surface area contributed by atoms with Crippen LogP contribution in [0.5, 0.6) is 0 Å². The number of anilines is 1. The van der Waals surface area contributed by atoms with Crippen LogP contribution in [-0.2, 0) is 16.1 Å². The normalized spacial score (nSPS) is 19.7. The summed E-state index contributed by atoms with van der Waals surface area (Å²) in [5.74, 6) is -0.00371. The molecular weight excluding hydrogens is 266 g/mol. The van der Waals surface area contributed by atoms with Gasteiger partial charge in [0, 0.05) is 25.4 Å². The Kier molecular flexibility index (Phi) is 5.73. The lowest BCUT2D eigenvalue weighted by atomic mass is 10.2. The monoisotopic (exact) mass is 291 g/mol. The first kappa shape index (κ1) is 15.9. The van der Waals surface area contributed by atoms with Crippen molar-refractivity contribution in [2.75, 3.05) is 25.5 Å². The van der Waals surface area contributed by atoms with Crippen molar-refractivity contribution in [3.05, 3.63) is 29.8 Å². The van der Waals surface area contributed by atoms with E-state index < -0.39 is 0 Å². The first-order valence-electron chi connectivity index (χ1n) is 7.52. The van der Waals surface area contributed by atoms with Crippen LogP contribution >= 0.6 is 0 Å².